The first-order chi connectivity index (χ1) is 16.2. The van der Waals surface area contributed by atoms with Crippen LogP contribution < -0.4 is 0 Å². The van der Waals surface area contributed by atoms with Crippen LogP contribution in [0.25, 0.3) is 0 Å². The fourth-order valence-electron chi connectivity index (χ4n) is 4.75. The van der Waals surface area contributed by atoms with Crippen molar-refractivity contribution in [2.75, 3.05) is 0 Å². The fraction of sp³-hybridized carbons (Fsp3) is 0.370. The molecule has 0 radical (unpaired) electrons. The van der Waals surface area contributed by atoms with Gasteiger partial charge in [-0.1, -0.05) is 68.4 Å². The zero-order valence-electron chi connectivity index (χ0n) is 19.5. The first kappa shape index (κ1) is 23.7. The van der Waals surface area contributed by atoms with Gasteiger partial charge in [0.15, 0.2) is 11.7 Å². The Morgan fingerprint density at radius 2 is 1.74 bits per heavy atom. The second-order valence-corrected chi connectivity index (χ2v) is 8.91. The maximum atomic E-state index is 13.7. The predicted octanol–water partition coefficient (Wildman–Crippen LogP) is 6.93. The van der Waals surface area contributed by atoms with Crippen molar-refractivity contribution in [1.82, 2.24) is 9.55 Å². The van der Waals surface area contributed by atoms with E-state index in [0.717, 1.165) is 41.5 Å². The molecule has 3 unspecified atom stereocenters. The van der Waals surface area contributed by atoms with Gasteiger partial charge in [0.05, 0.1) is 18.3 Å². The quantitative estimate of drug-likeness (QED) is 0.397. The number of fused-ring (bicyclic) bond motifs is 1. The van der Waals surface area contributed by atoms with Crippen LogP contribution in [-0.2, 0) is 13.0 Å². The molecule has 176 valence electrons. The average molecular weight is 465 g/mol. The van der Waals surface area contributed by atoms with E-state index in [1.54, 1.807) is 42.5 Å². The lowest BCUT2D eigenvalue weighted by Crippen LogP contribution is -2.28. The third-order valence-corrected chi connectivity index (χ3v) is 6.39. The second-order valence-electron chi connectivity index (χ2n) is 8.91. The SMILES string of the molecule is CCc1nc2c(n1Cc1ccc(C(c3ccccc3)C(C#N)C(F)(F)F)cc1)N=C(C)CC2C. The van der Waals surface area contributed by atoms with Crippen LogP contribution in [0.3, 0.4) is 0 Å². The van der Waals surface area contributed by atoms with Crippen molar-refractivity contribution in [3.8, 4) is 6.07 Å². The van der Waals surface area contributed by atoms with E-state index >= 15 is 0 Å². The third kappa shape index (κ3) is 4.63. The summed E-state index contributed by atoms with van der Waals surface area (Å²) < 4.78 is 43.3. The first-order valence-corrected chi connectivity index (χ1v) is 11.5. The Morgan fingerprint density at radius 1 is 1.09 bits per heavy atom. The summed E-state index contributed by atoms with van der Waals surface area (Å²) in [6, 6.07) is 17.0. The molecule has 1 aliphatic rings. The Hall–Kier alpha value is -3.40. The molecule has 0 spiro atoms. The normalized spacial score (nSPS) is 17.4. The number of hydrogen-bond donors (Lipinski definition) is 0. The summed E-state index contributed by atoms with van der Waals surface area (Å²) in [4.78, 5) is 9.59. The molecule has 0 saturated carbocycles. The highest BCUT2D eigenvalue weighted by molar-refractivity contribution is 5.87. The molecule has 2 aromatic carbocycles. The van der Waals surface area contributed by atoms with Crippen molar-refractivity contribution in [3.63, 3.8) is 0 Å². The summed E-state index contributed by atoms with van der Waals surface area (Å²) in [6.07, 6.45) is -2.98. The number of aliphatic imine (C=N–C) groups is 1. The number of benzene rings is 2. The Labute approximate surface area is 197 Å². The van der Waals surface area contributed by atoms with Crippen molar-refractivity contribution in [1.29, 1.82) is 5.26 Å². The largest absolute Gasteiger partial charge is 0.405 e. The number of hydrogen-bond acceptors (Lipinski definition) is 3. The van der Waals surface area contributed by atoms with Gasteiger partial charge >= 0.3 is 6.18 Å². The summed E-state index contributed by atoms with van der Waals surface area (Å²) in [7, 11) is 0. The topological polar surface area (TPSA) is 54.0 Å². The van der Waals surface area contributed by atoms with Gasteiger partial charge in [0, 0.05) is 24.0 Å². The minimum Gasteiger partial charge on any atom is -0.309 e. The van der Waals surface area contributed by atoms with Gasteiger partial charge in [-0.25, -0.2) is 9.98 Å². The van der Waals surface area contributed by atoms with Crippen LogP contribution in [0.1, 0.15) is 67.2 Å². The van der Waals surface area contributed by atoms with Crippen molar-refractivity contribution in [2.24, 2.45) is 10.9 Å². The van der Waals surface area contributed by atoms with Crippen LogP contribution in [0, 0.1) is 17.2 Å². The molecule has 0 aliphatic carbocycles. The zero-order valence-corrected chi connectivity index (χ0v) is 19.5. The second kappa shape index (κ2) is 9.46. The highest BCUT2D eigenvalue weighted by Gasteiger charge is 2.46. The van der Waals surface area contributed by atoms with E-state index in [4.69, 9.17) is 9.98 Å². The summed E-state index contributed by atoms with van der Waals surface area (Å²) in [5.74, 6) is -1.10. The smallest absolute Gasteiger partial charge is 0.309 e. The Kier molecular flexibility index (Phi) is 6.60. The van der Waals surface area contributed by atoms with Crippen LogP contribution in [0.15, 0.2) is 59.6 Å². The number of aromatic nitrogens is 2. The van der Waals surface area contributed by atoms with Crippen LogP contribution in [-0.4, -0.2) is 21.4 Å². The van der Waals surface area contributed by atoms with Crippen LogP contribution in [0.5, 0.6) is 0 Å². The highest BCUT2D eigenvalue weighted by atomic mass is 19.4. The molecule has 34 heavy (non-hydrogen) atoms. The van der Waals surface area contributed by atoms with Gasteiger partial charge in [-0.05, 0) is 30.0 Å². The van der Waals surface area contributed by atoms with Gasteiger partial charge in [-0.3, -0.25) is 0 Å². The van der Waals surface area contributed by atoms with E-state index in [2.05, 4.69) is 18.4 Å². The van der Waals surface area contributed by atoms with Crippen LogP contribution >= 0.6 is 0 Å². The molecule has 1 aromatic heterocycles. The van der Waals surface area contributed by atoms with Crippen LogP contribution in [0.4, 0.5) is 19.0 Å². The van der Waals surface area contributed by atoms with E-state index in [-0.39, 0.29) is 0 Å². The number of rotatable bonds is 6. The van der Waals surface area contributed by atoms with Gasteiger partial charge in [-0.15, -0.1) is 0 Å². The minimum atomic E-state index is -4.63. The average Bonchev–Trinajstić information content (AvgIpc) is 3.15. The first-order valence-electron chi connectivity index (χ1n) is 11.5. The molecule has 4 rings (SSSR count). The number of aryl methyl sites for hydroxylation is 1. The Bertz CT molecular complexity index is 1220. The maximum Gasteiger partial charge on any atom is 0.405 e. The lowest BCUT2D eigenvalue weighted by atomic mass is 9.80. The van der Waals surface area contributed by atoms with E-state index < -0.39 is 18.0 Å². The zero-order chi connectivity index (χ0) is 24.5. The van der Waals surface area contributed by atoms with Crippen molar-refractivity contribution in [2.45, 2.75) is 58.2 Å². The molecule has 7 heteroatoms. The van der Waals surface area contributed by atoms with E-state index in [1.807, 2.05) is 19.1 Å². The monoisotopic (exact) mass is 464 g/mol. The standard InChI is InChI=1S/C27H27F3N4/c1-4-23-33-25-17(2)14-18(3)32-26(25)34(23)16-19-10-12-21(13-11-19)24(20-8-6-5-7-9-20)22(15-31)27(28,29)30/h5-13,17,22,24H,4,14,16H2,1-3H3. The number of halogens is 3. The molecule has 3 aromatic rings. The molecule has 0 bridgehead atoms. The Balaban J connectivity index is 1.69. The van der Waals surface area contributed by atoms with Gasteiger partial charge in [0.1, 0.15) is 5.82 Å². The fourth-order valence-corrected chi connectivity index (χ4v) is 4.75. The molecule has 0 amide bonds. The number of nitriles is 1. The van der Waals surface area contributed by atoms with Gasteiger partial charge in [-0.2, -0.15) is 18.4 Å². The van der Waals surface area contributed by atoms with Crippen molar-refractivity contribution < 1.29 is 13.2 Å². The molecule has 0 N–H and O–H groups in total. The Morgan fingerprint density at radius 3 is 2.32 bits per heavy atom. The summed E-state index contributed by atoms with van der Waals surface area (Å²) in [5, 5.41) is 9.40. The van der Waals surface area contributed by atoms with E-state index in [9.17, 15) is 18.4 Å². The van der Waals surface area contributed by atoms with Gasteiger partial charge in [0.25, 0.3) is 0 Å². The maximum absolute atomic E-state index is 13.7. The molecular weight excluding hydrogens is 437 g/mol. The predicted molar refractivity (Wildman–Crippen MR) is 126 cm³/mol. The van der Waals surface area contributed by atoms with E-state index in [1.165, 1.54) is 6.07 Å². The molecule has 3 atom stereocenters. The highest BCUT2D eigenvalue weighted by Crippen LogP contribution is 2.41. The summed E-state index contributed by atoms with van der Waals surface area (Å²) in [5.41, 5.74) is 3.95. The molecular formula is C27H27F3N4. The molecule has 1 aliphatic heterocycles. The molecule has 2 heterocycles. The number of imidazole rings is 1. The van der Waals surface area contributed by atoms with E-state index in [0.29, 0.717) is 23.6 Å². The third-order valence-electron chi connectivity index (χ3n) is 6.39. The minimum absolute atomic E-state index is 0.304. The molecule has 0 saturated heterocycles. The lowest BCUT2D eigenvalue weighted by Gasteiger charge is -2.25. The molecule has 4 nitrogen and oxygen atoms in total. The van der Waals surface area contributed by atoms with Gasteiger partial charge < -0.3 is 4.57 Å². The lowest BCUT2D eigenvalue weighted by molar-refractivity contribution is -0.162. The van der Waals surface area contributed by atoms with Crippen LogP contribution in [0.2, 0.25) is 0 Å². The van der Waals surface area contributed by atoms with Crippen molar-refractivity contribution >= 4 is 11.5 Å². The number of nitrogens with zero attached hydrogens (tertiary/aromatic N) is 4. The summed E-state index contributed by atoms with van der Waals surface area (Å²) >= 11 is 0. The number of alkyl halides is 3. The van der Waals surface area contributed by atoms with Gasteiger partial charge in [0.2, 0.25) is 0 Å². The van der Waals surface area contributed by atoms with Crippen molar-refractivity contribution in [3.05, 3.63) is 82.8 Å². The molecule has 0 fully saturated rings. The summed E-state index contributed by atoms with van der Waals surface area (Å²) in [6.45, 7) is 6.76.